The van der Waals surface area contributed by atoms with Gasteiger partial charge in [-0.25, -0.2) is 13.2 Å². The fourth-order valence-electron chi connectivity index (χ4n) is 1.41. The van der Waals surface area contributed by atoms with Crippen molar-refractivity contribution in [2.24, 2.45) is 0 Å². The highest BCUT2D eigenvalue weighted by Gasteiger charge is 2.37. The third-order valence-electron chi connectivity index (χ3n) is 2.15. The zero-order chi connectivity index (χ0) is 11.1. The van der Waals surface area contributed by atoms with Crippen molar-refractivity contribution in [1.82, 2.24) is 19.8 Å². The van der Waals surface area contributed by atoms with Crippen LogP contribution in [0.2, 0.25) is 0 Å². The van der Waals surface area contributed by atoms with E-state index in [4.69, 9.17) is 0 Å². The standard InChI is InChI=1S/C7H10N4O3S/c1-2-3-10-7(12)11(9-8-10)6-4-15(13,14)5-6/h2-3,6H,4-5H2,1H3/b3-2-. The summed E-state index contributed by atoms with van der Waals surface area (Å²) in [4.78, 5) is 11.6. The lowest BCUT2D eigenvalue weighted by atomic mass is 10.4. The molecule has 15 heavy (non-hydrogen) atoms. The predicted octanol–water partition coefficient (Wildman–Crippen LogP) is -1.10. The number of allylic oxidation sites excluding steroid dienone is 1. The molecule has 1 aliphatic heterocycles. The summed E-state index contributed by atoms with van der Waals surface area (Å²) in [5, 5.41) is 7.21. The Labute approximate surface area is 85.9 Å². The van der Waals surface area contributed by atoms with E-state index in [1.165, 1.54) is 6.20 Å². The molecule has 1 aromatic heterocycles. The van der Waals surface area contributed by atoms with Gasteiger partial charge in [0.25, 0.3) is 0 Å². The molecule has 1 aliphatic rings. The smallest absolute Gasteiger partial charge is 0.244 e. The summed E-state index contributed by atoms with van der Waals surface area (Å²) in [6, 6.07) is -0.360. The van der Waals surface area contributed by atoms with Gasteiger partial charge in [0.15, 0.2) is 9.84 Å². The molecule has 1 fully saturated rings. The van der Waals surface area contributed by atoms with Crippen molar-refractivity contribution in [3.63, 3.8) is 0 Å². The summed E-state index contributed by atoms with van der Waals surface area (Å²) in [6.07, 6.45) is 3.12. The summed E-state index contributed by atoms with van der Waals surface area (Å²) in [7, 11) is -2.95. The first-order chi connectivity index (χ1) is 7.03. The Bertz CT molecular complexity index is 541. The molecule has 0 amide bonds. The molecule has 0 N–H and O–H groups in total. The summed E-state index contributed by atoms with van der Waals surface area (Å²) >= 11 is 0. The van der Waals surface area contributed by atoms with E-state index in [-0.39, 0.29) is 17.5 Å². The first-order valence-electron chi connectivity index (χ1n) is 4.41. The second-order valence-corrected chi connectivity index (χ2v) is 5.52. The highest BCUT2D eigenvalue weighted by atomic mass is 32.2. The van der Waals surface area contributed by atoms with Crippen LogP contribution in [0.3, 0.4) is 0 Å². The number of rotatable bonds is 2. The third-order valence-corrected chi connectivity index (χ3v) is 3.94. The van der Waals surface area contributed by atoms with Gasteiger partial charge in [-0.05, 0) is 17.4 Å². The summed E-state index contributed by atoms with van der Waals surface area (Å²) in [6.45, 7) is 1.75. The van der Waals surface area contributed by atoms with E-state index in [0.29, 0.717) is 0 Å². The van der Waals surface area contributed by atoms with Crippen LogP contribution in [0.25, 0.3) is 6.20 Å². The predicted molar refractivity (Wildman–Crippen MR) is 53.0 cm³/mol. The molecular formula is C7H10N4O3S. The lowest BCUT2D eigenvalue weighted by Crippen LogP contribution is -2.43. The Morgan fingerprint density at radius 2 is 2.07 bits per heavy atom. The van der Waals surface area contributed by atoms with Gasteiger partial charge in [-0.1, -0.05) is 6.08 Å². The second kappa shape index (κ2) is 3.30. The van der Waals surface area contributed by atoms with Gasteiger partial charge in [0.05, 0.1) is 17.5 Å². The fourth-order valence-corrected chi connectivity index (χ4v) is 2.77. The number of tetrazole rings is 1. The number of aromatic nitrogens is 4. The molecule has 1 saturated heterocycles. The van der Waals surface area contributed by atoms with Crippen LogP contribution in [0.15, 0.2) is 10.9 Å². The zero-order valence-corrected chi connectivity index (χ0v) is 8.88. The molecule has 0 aromatic carbocycles. The quantitative estimate of drug-likeness (QED) is 0.643. The Balaban J connectivity index is 2.29. The summed E-state index contributed by atoms with van der Waals surface area (Å²) < 4.78 is 24.0. The van der Waals surface area contributed by atoms with Gasteiger partial charge < -0.3 is 0 Å². The molecule has 8 heteroatoms. The van der Waals surface area contributed by atoms with E-state index >= 15 is 0 Å². The topological polar surface area (TPSA) is 86.8 Å². The van der Waals surface area contributed by atoms with E-state index in [1.54, 1.807) is 13.0 Å². The molecule has 0 unspecified atom stereocenters. The van der Waals surface area contributed by atoms with E-state index in [2.05, 4.69) is 10.4 Å². The van der Waals surface area contributed by atoms with Crippen LogP contribution >= 0.6 is 0 Å². The van der Waals surface area contributed by atoms with Crippen molar-refractivity contribution in [1.29, 1.82) is 0 Å². The average molecular weight is 230 g/mol. The molecule has 2 rings (SSSR count). The molecule has 82 valence electrons. The van der Waals surface area contributed by atoms with Crippen LogP contribution < -0.4 is 5.69 Å². The van der Waals surface area contributed by atoms with Crippen LogP contribution in [0.5, 0.6) is 0 Å². The van der Waals surface area contributed by atoms with Crippen molar-refractivity contribution >= 4 is 16.0 Å². The maximum Gasteiger partial charge on any atom is 0.368 e. The first-order valence-corrected chi connectivity index (χ1v) is 6.23. The molecule has 0 spiro atoms. The SMILES string of the molecule is C/C=C\n1nnn(C2CS(=O)(=O)C2)c1=O. The van der Waals surface area contributed by atoms with Gasteiger partial charge in [-0.3, -0.25) is 0 Å². The molecule has 7 nitrogen and oxygen atoms in total. The maximum absolute atomic E-state index is 11.6. The van der Waals surface area contributed by atoms with Crippen LogP contribution in [0.4, 0.5) is 0 Å². The average Bonchev–Trinajstić information content (AvgIpc) is 2.45. The summed E-state index contributed by atoms with van der Waals surface area (Å²) in [5.41, 5.74) is -0.409. The molecule has 0 aliphatic carbocycles. The minimum absolute atomic E-state index is 0.0263. The maximum atomic E-state index is 11.6. The van der Waals surface area contributed by atoms with E-state index in [1.807, 2.05) is 0 Å². The van der Waals surface area contributed by atoms with Crippen LogP contribution in [-0.2, 0) is 9.84 Å². The summed E-state index contributed by atoms with van der Waals surface area (Å²) in [5.74, 6) is -0.0527. The normalized spacial score (nSPS) is 20.6. The zero-order valence-electron chi connectivity index (χ0n) is 8.07. The molecule has 0 atom stereocenters. The highest BCUT2D eigenvalue weighted by molar-refractivity contribution is 7.92. The minimum Gasteiger partial charge on any atom is -0.244 e. The van der Waals surface area contributed by atoms with Gasteiger partial charge >= 0.3 is 5.69 Å². The van der Waals surface area contributed by atoms with Crippen molar-refractivity contribution in [3.05, 3.63) is 16.6 Å². The Morgan fingerprint density at radius 1 is 1.40 bits per heavy atom. The molecule has 2 heterocycles. The van der Waals surface area contributed by atoms with Gasteiger partial charge in [0.2, 0.25) is 0 Å². The molecule has 0 saturated carbocycles. The molecular weight excluding hydrogens is 220 g/mol. The fraction of sp³-hybridized carbons (Fsp3) is 0.571. The number of sulfone groups is 1. The van der Waals surface area contributed by atoms with Crippen molar-refractivity contribution in [3.8, 4) is 0 Å². The Morgan fingerprint density at radius 3 is 2.60 bits per heavy atom. The Kier molecular flexibility index (Phi) is 2.22. The second-order valence-electron chi connectivity index (χ2n) is 3.36. The van der Waals surface area contributed by atoms with E-state index in [0.717, 1.165) is 9.36 Å². The lowest BCUT2D eigenvalue weighted by molar-refractivity contribution is 0.454. The van der Waals surface area contributed by atoms with Crippen molar-refractivity contribution in [2.45, 2.75) is 13.0 Å². The molecule has 0 radical (unpaired) electrons. The van der Waals surface area contributed by atoms with Crippen molar-refractivity contribution < 1.29 is 8.42 Å². The monoisotopic (exact) mass is 230 g/mol. The lowest BCUT2D eigenvalue weighted by Gasteiger charge is -2.23. The van der Waals surface area contributed by atoms with Gasteiger partial charge in [-0.2, -0.15) is 9.36 Å². The number of hydrogen-bond acceptors (Lipinski definition) is 5. The highest BCUT2D eigenvalue weighted by Crippen LogP contribution is 2.20. The van der Waals surface area contributed by atoms with Crippen LogP contribution in [-0.4, -0.2) is 39.7 Å². The van der Waals surface area contributed by atoms with Gasteiger partial charge in [0, 0.05) is 6.20 Å². The van der Waals surface area contributed by atoms with Gasteiger partial charge in [-0.15, -0.1) is 0 Å². The molecule has 1 aromatic rings. The first kappa shape index (κ1) is 10.1. The van der Waals surface area contributed by atoms with Gasteiger partial charge in [0.1, 0.15) is 0 Å². The number of hydrogen-bond donors (Lipinski definition) is 0. The molecule has 0 bridgehead atoms. The van der Waals surface area contributed by atoms with E-state index < -0.39 is 15.5 Å². The van der Waals surface area contributed by atoms with Crippen LogP contribution in [0, 0.1) is 0 Å². The van der Waals surface area contributed by atoms with Crippen LogP contribution in [0.1, 0.15) is 13.0 Å². The minimum atomic E-state index is -2.95. The Hall–Kier alpha value is -1.44. The van der Waals surface area contributed by atoms with E-state index in [9.17, 15) is 13.2 Å². The van der Waals surface area contributed by atoms with Crippen molar-refractivity contribution in [2.75, 3.05) is 11.5 Å². The number of nitrogens with zero attached hydrogens (tertiary/aromatic N) is 4. The third kappa shape index (κ3) is 1.72. The largest absolute Gasteiger partial charge is 0.368 e.